The Labute approximate surface area is 80.1 Å². The summed E-state index contributed by atoms with van der Waals surface area (Å²) in [5.74, 6) is 0.153. The Morgan fingerprint density at radius 2 is 2.15 bits per heavy atom. The maximum Gasteiger partial charge on any atom is 0.220 e. The quantitative estimate of drug-likeness (QED) is 0.685. The van der Waals surface area contributed by atoms with Crippen LogP contribution in [-0.4, -0.2) is 18.5 Å². The number of nitrogens with two attached hydrogens (primary N) is 1. The summed E-state index contributed by atoms with van der Waals surface area (Å²) in [5, 5.41) is 3.01. The zero-order valence-electron chi connectivity index (χ0n) is 8.60. The van der Waals surface area contributed by atoms with Crippen molar-refractivity contribution in [2.24, 2.45) is 11.1 Å². The Balaban J connectivity index is 2.23. The number of nitrogens with one attached hydrogen (secondary N) is 1. The monoisotopic (exact) mass is 184 g/mol. The highest BCUT2D eigenvalue weighted by Crippen LogP contribution is 2.21. The molecule has 1 fully saturated rings. The molecule has 1 aliphatic carbocycles. The summed E-state index contributed by atoms with van der Waals surface area (Å²) in [6, 6.07) is 0.445. The Kier molecular flexibility index (Phi) is 3.31. The van der Waals surface area contributed by atoms with Crippen molar-refractivity contribution in [2.45, 2.75) is 45.6 Å². The summed E-state index contributed by atoms with van der Waals surface area (Å²) >= 11 is 0. The molecular formula is C10H20N2O. The standard InChI is InChI=1S/C10H20N2O/c1-10(2,7-11)6-9(13)12-8-4-3-5-8/h8H,3-7,11H2,1-2H3,(H,12,13). The average Bonchev–Trinajstić information content (AvgIpc) is 1.96. The van der Waals surface area contributed by atoms with Crippen molar-refractivity contribution in [2.75, 3.05) is 6.54 Å². The van der Waals surface area contributed by atoms with Gasteiger partial charge in [0.15, 0.2) is 0 Å². The van der Waals surface area contributed by atoms with E-state index < -0.39 is 0 Å². The van der Waals surface area contributed by atoms with Gasteiger partial charge in [0.1, 0.15) is 0 Å². The van der Waals surface area contributed by atoms with E-state index in [9.17, 15) is 4.79 Å². The fourth-order valence-electron chi connectivity index (χ4n) is 1.34. The molecule has 0 saturated heterocycles. The van der Waals surface area contributed by atoms with E-state index in [1.165, 1.54) is 6.42 Å². The van der Waals surface area contributed by atoms with Gasteiger partial charge in [0.05, 0.1) is 0 Å². The Hall–Kier alpha value is -0.570. The Morgan fingerprint density at radius 3 is 2.54 bits per heavy atom. The normalized spacial score (nSPS) is 18.1. The van der Waals surface area contributed by atoms with Gasteiger partial charge in [0.2, 0.25) is 5.91 Å². The van der Waals surface area contributed by atoms with E-state index in [1.54, 1.807) is 0 Å². The van der Waals surface area contributed by atoms with Crippen LogP contribution < -0.4 is 11.1 Å². The number of hydrogen-bond acceptors (Lipinski definition) is 2. The van der Waals surface area contributed by atoms with Crippen molar-refractivity contribution in [1.29, 1.82) is 0 Å². The highest BCUT2D eigenvalue weighted by atomic mass is 16.1. The molecule has 1 amide bonds. The van der Waals surface area contributed by atoms with Gasteiger partial charge >= 0.3 is 0 Å². The predicted molar refractivity (Wildman–Crippen MR) is 53.2 cm³/mol. The zero-order valence-corrected chi connectivity index (χ0v) is 8.60. The van der Waals surface area contributed by atoms with E-state index >= 15 is 0 Å². The third-order valence-electron chi connectivity index (χ3n) is 2.66. The van der Waals surface area contributed by atoms with Crippen LogP contribution in [0.2, 0.25) is 0 Å². The molecule has 13 heavy (non-hydrogen) atoms. The van der Waals surface area contributed by atoms with Crippen LogP contribution in [0, 0.1) is 5.41 Å². The van der Waals surface area contributed by atoms with Gasteiger partial charge < -0.3 is 11.1 Å². The van der Waals surface area contributed by atoms with Crippen LogP contribution in [0.4, 0.5) is 0 Å². The largest absolute Gasteiger partial charge is 0.353 e. The second kappa shape index (κ2) is 4.09. The smallest absolute Gasteiger partial charge is 0.220 e. The lowest BCUT2D eigenvalue weighted by Gasteiger charge is -2.28. The highest BCUT2D eigenvalue weighted by Gasteiger charge is 2.24. The highest BCUT2D eigenvalue weighted by molar-refractivity contribution is 5.77. The molecule has 0 heterocycles. The Bertz CT molecular complexity index is 185. The number of carbonyl (C=O) groups excluding carboxylic acids is 1. The summed E-state index contributed by atoms with van der Waals surface area (Å²) in [5.41, 5.74) is 5.49. The summed E-state index contributed by atoms with van der Waals surface area (Å²) < 4.78 is 0. The van der Waals surface area contributed by atoms with Crippen molar-refractivity contribution in [3.8, 4) is 0 Å². The first-order valence-electron chi connectivity index (χ1n) is 5.03. The molecule has 0 aromatic rings. The maximum atomic E-state index is 11.5. The van der Waals surface area contributed by atoms with Crippen LogP contribution in [0.5, 0.6) is 0 Å². The number of amides is 1. The molecule has 0 aliphatic heterocycles. The number of hydrogen-bond donors (Lipinski definition) is 2. The molecule has 3 N–H and O–H groups in total. The van der Waals surface area contributed by atoms with E-state index in [1.807, 2.05) is 13.8 Å². The Morgan fingerprint density at radius 1 is 1.54 bits per heavy atom. The van der Waals surface area contributed by atoms with Gasteiger partial charge in [-0.15, -0.1) is 0 Å². The lowest BCUT2D eigenvalue weighted by Crippen LogP contribution is -2.42. The van der Waals surface area contributed by atoms with Crippen molar-refractivity contribution >= 4 is 5.91 Å². The molecule has 3 heteroatoms. The van der Waals surface area contributed by atoms with Crippen LogP contribution in [0.3, 0.4) is 0 Å². The van der Waals surface area contributed by atoms with Crippen LogP contribution in [0.1, 0.15) is 39.5 Å². The second-order valence-corrected chi connectivity index (χ2v) is 4.74. The van der Waals surface area contributed by atoms with E-state index in [4.69, 9.17) is 5.73 Å². The van der Waals surface area contributed by atoms with Gasteiger partial charge in [-0.1, -0.05) is 13.8 Å². The van der Waals surface area contributed by atoms with E-state index in [-0.39, 0.29) is 11.3 Å². The van der Waals surface area contributed by atoms with Crippen molar-refractivity contribution in [3.63, 3.8) is 0 Å². The van der Waals surface area contributed by atoms with Gasteiger partial charge in [-0.3, -0.25) is 4.79 Å². The number of carbonyl (C=O) groups is 1. The second-order valence-electron chi connectivity index (χ2n) is 4.74. The fraction of sp³-hybridized carbons (Fsp3) is 0.900. The van der Waals surface area contributed by atoms with Gasteiger partial charge in [-0.05, 0) is 31.2 Å². The molecule has 76 valence electrons. The summed E-state index contributed by atoms with van der Waals surface area (Å²) in [6.07, 6.45) is 4.09. The van der Waals surface area contributed by atoms with Crippen molar-refractivity contribution in [3.05, 3.63) is 0 Å². The molecule has 0 radical (unpaired) electrons. The summed E-state index contributed by atoms with van der Waals surface area (Å²) in [7, 11) is 0. The maximum absolute atomic E-state index is 11.5. The first-order chi connectivity index (χ1) is 6.03. The third kappa shape index (κ3) is 3.35. The predicted octanol–water partition coefficient (Wildman–Crippen LogP) is 1.03. The lowest BCUT2D eigenvalue weighted by atomic mass is 9.88. The molecular weight excluding hydrogens is 164 g/mol. The lowest BCUT2D eigenvalue weighted by molar-refractivity contribution is -0.124. The first-order valence-corrected chi connectivity index (χ1v) is 5.03. The van der Waals surface area contributed by atoms with E-state index in [0.29, 0.717) is 19.0 Å². The van der Waals surface area contributed by atoms with Crippen molar-refractivity contribution in [1.82, 2.24) is 5.32 Å². The average molecular weight is 184 g/mol. The topological polar surface area (TPSA) is 55.1 Å². The van der Waals surface area contributed by atoms with Crippen LogP contribution in [0.15, 0.2) is 0 Å². The van der Waals surface area contributed by atoms with E-state index in [2.05, 4.69) is 5.32 Å². The third-order valence-corrected chi connectivity index (χ3v) is 2.66. The molecule has 0 unspecified atom stereocenters. The molecule has 1 saturated carbocycles. The molecule has 0 atom stereocenters. The molecule has 1 aliphatic rings. The van der Waals surface area contributed by atoms with E-state index in [0.717, 1.165) is 12.8 Å². The fourth-order valence-corrected chi connectivity index (χ4v) is 1.34. The zero-order chi connectivity index (χ0) is 9.90. The SMILES string of the molecule is CC(C)(CN)CC(=O)NC1CCC1. The minimum Gasteiger partial charge on any atom is -0.353 e. The van der Waals surface area contributed by atoms with Crippen LogP contribution in [-0.2, 0) is 4.79 Å². The first kappa shape index (κ1) is 10.5. The van der Waals surface area contributed by atoms with Gasteiger partial charge in [0, 0.05) is 12.5 Å². The minimum absolute atomic E-state index is 0.0617. The summed E-state index contributed by atoms with van der Waals surface area (Å²) in [4.78, 5) is 11.5. The van der Waals surface area contributed by atoms with Crippen LogP contribution in [0.25, 0.3) is 0 Å². The van der Waals surface area contributed by atoms with Crippen LogP contribution >= 0.6 is 0 Å². The van der Waals surface area contributed by atoms with Crippen molar-refractivity contribution < 1.29 is 4.79 Å². The molecule has 3 nitrogen and oxygen atoms in total. The van der Waals surface area contributed by atoms with Gasteiger partial charge in [-0.2, -0.15) is 0 Å². The molecule has 0 aromatic carbocycles. The minimum atomic E-state index is -0.0617. The molecule has 0 spiro atoms. The number of rotatable bonds is 4. The van der Waals surface area contributed by atoms with Gasteiger partial charge in [-0.25, -0.2) is 0 Å². The van der Waals surface area contributed by atoms with Gasteiger partial charge in [0.25, 0.3) is 0 Å². The molecule has 0 bridgehead atoms. The summed E-state index contributed by atoms with van der Waals surface area (Å²) in [6.45, 7) is 4.60. The molecule has 0 aromatic heterocycles. The molecule has 1 rings (SSSR count).